The van der Waals surface area contributed by atoms with E-state index in [-0.39, 0.29) is 0 Å². The average Bonchev–Trinajstić information content (AvgIpc) is 2.28. The second-order valence-electron chi connectivity index (χ2n) is 5.20. The molecule has 2 rings (SSSR count). The van der Waals surface area contributed by atoms with Gasteiger partial charge in [0.2, 0.25) is 0 Å². The first-order valence-electron chi connectivity index (χ1n) is 6.51. The molecule has 0 aromatic carbocycles. The van der Waals surface area contributed by atoms with Crippen LogP contribution in [0.5, 0.6) is 0 Å². The van der Waals surface area contributed by atoms with E-state index in [1.54, 1.807) is 6.07 Å². The van der Waals surface area contributed by atoms with Crippen LogP contribution >= 0.6 is 11.6 Å². The Morgan fingerprint density at radius 2 is 2.06 bits per heavy atom. The van der Waals surface area contributed by atoms with Crippen molar-refractivity contribution >= 4 is 17.4 Å². The number of halogens is 1. The van der Waals surface area contributed by atoms with Crippen LogP contribution in [0.2, 0.25) is 5.15 Å². The normalized spacial score (nSPS) is 19.0. The highest BCUT2D eigenvalue weighted by Crippen LogP contribution is 2.25. The molecule has 2 heterocycles. The summed E-state index contributed by atoms with van der Waals surface area (Å²) in [7, 11) is 0. The topological polar surface area (TPSA) is 49.2 Å². The minimum Gasteiger partial charge on any atom is -0.390 e. The number of aromatic nitrogens is 2. The Hall–Kier alpha value is -0.870. The van der Waals surface area contributed by atoms with Gasteiger partial charge in [0.05, 0.1) is 5.60 Å². The molecule has 18 heavy (non-hydrogen) atoms. The van der Waals surface area contributed by atoms with Gasteiger partial charge >= 0.3 is 0 Å². The zero-order valence-electron chi connectivity index (χ0n) is 11.0. The lowest BCUT2D eigenvalue weighted by Gasteiger charge is -2.36. The van der Waals surface area contributed by atoms with Crippen LogP contribution in [0.25, 0.3) is 0 Å². The Morgan fingerprint density at radius 3 is 2.67 bits per heavy atom. The molecule has 1 aliphatic heterocycles. The Morgan fingerprint density at radius 1 is 1.39 bits per heavy atom. The van der Waals surface area contributed by atoms with Gasteiger partial charge < -0.3 is 10.0 Å². The lowest BCUT2D eigenvalue weighted by molar-refractivity contribution is 0.0350. The SMILES string of the molecule is CCCc1nc(Cl)cc(N2CCC(C)(O)CC2)n1. The van der Waals surface area contributed by atoms with Crippen LogP contribution in [0.1, 0.15) is 38.9 Å². The molecule has 0 radical (unpaired) electrons. The summed E-state index contributed by atoms with van der Waals surface area (Å²) in [5.41, 5.74) is -0.542. The van der Waals surface area contributed by atoms with Crippen molar-refractivity contribution in [3.05, 3.63) is 17.0 Å². The number of hydrogen-bond acceptors (Lipinski definition) is 4. The van der Waals surface area contributed by atoms with Gasteiger partial charge in [-0.05, 0) is 26.2 Å². The van der Waals surface area contributed by atoms with Crippen LogP contribution in [0.4, 0.5) is 5.82 Å². The van der Waals surface area contributed by atoms with E-state index in [4.69, 9.17) is 11.6 Å². The molecule has 0 spiro atoms. The summed E-state index contributed by atoms with van der Waals surface area (Å²) < 4.78 is 0. The van der Waals surface area contributed by atoms with Gasteiger partial charge in [0, 0.05) is 25.6 Å². The molecule has 1 aliphatic rings. The van der Waals surface area contributed by atoms with Crippen molar-refractivity contribution in [2.75, 3.05) is 18.0 Å². The summed E-state index contributed by atoms with van der Waals surface area (Å²) in [6.45, 7) is 5.61. The second kappa shape index (κ2) is 5.41. The molecule has 0 unspecified atom stereocenters. The van der Waals surface area contributed by atoms with Crippen LogP contribution in [0.3, 0.4) is 0 Å². The number of anilines is 1. The summed E-state index contributed by atoms with van der Waals surface area (Å²) in [5.74, 6) is 1.69. The maximum atomic E-state index is 9.95. The molecule has 0 bridgehead atoms. The van der Waals surface area contributed by atoms with Crippen LogP contribution in [0.15, 0.2) is 6.07 Å². The summed E-state index contributed by atoms with van der Waals surface area (Å²) in [6, 6.07) is 1.81. The first kappa shape index (κ1) is 13.6. The van der Waals surface area contributed by atoms with Crippen molar-refractivity contribution in [3.8, 4) is 0 Å². The van der Waals surface area contributed by atoms with Crippen molar-refractivity contribution < 1.29 is 5.11 Å². The van der Waals surface area contributed by atoms with Gasteiger partial charge in [-0.1, -0.05) is 18.5 Å². The molecule has 0 atom stereocenters. The van der Waals surface area contributed by atoms with Crippen molar-refractivity contribution in [3.63, 3.8) is 0 Å². The monoisotopic (exact) mass is 269 g/mol. The molecule has 1 saturated heterocycles. The zero-order valence-corrected chi connectivity index (χ0v) is 11.7. The Balaban J connectivity index is 2.13. The van der Waals surface area contributed by atoms with Crippen LogP contribution < -0.4 is 4.90 Å². The third kappa shape index (κ3) is 3.33. The van der Waals surface area contributed by atoms with Crippen molar-refractivity contribution in [1.29, 1.82) is 0 Å². The minimum atomic E-state index is -0.542. The van der Waals surface area contributed by atoms with Gasteiger partial charge in [-0.25, -0.2) is 9.97 Å². The van der Waals surface area contributed by atoms with Crippen LogP contribution in [-0.2, 0) is 6.42 Å². The molecular formula is C13H20ClN3O. The second-order valence-corrected chi connectivity index (χ2v) is 5.59. The Labute approximate surface area is 113 Å². The number of aryl methyl sites for hydroxylation is 1. The summed E-state index contributed by atoms with van der Waals surface area (Å²) in [4.78, 5) is 10.9. The largest absolute Gasteiger partial charge is 0.390 e. The van der Waals surface area contributed by atoms with Gasteiger partial charge in [0.25, 0.3) is 0 Å². The highest BCUT2D eigenvalue weighted by atomic mass is 35.5. The van der Waals surface area contributed by atoms with E-state index < -0.39 is 5.60 Å². The zero-order chi connectivity index (χ0) is 13.2. The quantitative estimate of drug-likeness (QED) is 0.857. The van der Waals surface area contributed by atoms with Crippen LogP contribution in [0, 0.1) is 0 Å². The van der Waals surface area contributed by atoms with E-state index in [0.29, 0.717) is 5.15 Å². The third-order valence-corrected chi connectivity index (χ3v) is 3.56. The minimum absolute atomic E-state index is 0.501. The highest BCUT2D eigenvalue weighted by Gasteiger charge is 2.28. The van der Waals surface area contributed by atoms with Crippen molar-refractivity contribution in [1.82, 2.24) is 9.97 Å². The number of aliphatic hydroxyl groups is 1. The number of nitrogens with zero attached hydrogens (tertiary/aromatic N) is 3. The smallest absolute Gasteiger partial charge is 0.134 e. The molecule has 1 aromatic heterocycles. The first-order chi connectivity index (χ1) is 8.50. The summed E-state index contributed by atoms with van der Waals surface area (Å²) in [6.07, 6.45) is 3.38. The van der Waals surface area contributed by atoms with Crippen molar-refractivity contribution in [2.45, 2.75) is 45.1 Å². The summed E-state index contributed by atoms with van der Waals surface area (Å²) >= 11 is 6.03. The van der Waals surface area contributed by atoms with E-state index in [1.807, 2.05) is 6.92 Å². The van der Waals surface area contributed by atoms with E-state index in [2.05, 4.69) is 21.8 Å². The number of rotatable bonds is 3. The fraction of sp³-hybridized carbons (Fsp3) is 0.692. The Kier molecular flexibility index (Phi) is 4.07. The van der Waals surface area contributed by atoms with Gasteiger partial charge in [-0.15, -0.1) is 0 Å². The van der Waals surface area contributed by atoms with E-state index in [1.165, 1.54) is 0 Å². The molecule has 0 amide bonds. The third-order valence-electron chi connectivity index (χ3n) is 3.37. The fourth-order valence-electron chi connectivity index (χ4n) is 2.17. The molecule has 1 aromatic rings. The summed E-state index contributed by atoms with van der Waals surface area (Å²) in [5, 5.41) is 10.4. The molecule has 1 fully saturated rings. The lowest BCUT2D eigenvalue weighted by Crippen LogP contribution is -2.42. The van der Waals surface area contributed by atoms with E-state index in [0.717, 1.165) is 50.4 Å². The van der Waals surface area contributed by atoms with Gasteiger partial charge in [-0.3, -0.25) is 0 Å². The highest BCUT2D eigenvalue weighted by molar-refractivity contribution is 6.29. The predicted molar refractivity (Wildman–Crippen MR) is 73.1 cm³/mol. The first-order valence-corrected chi connectivity index (χ1v) is 6.89. The molecule has 100 valence electrons. The van der Waals surface area contributed by atoms with E-state index in [9.17, 15) is 5.11 Å². The van der Waals surface area contributed by atoms with Crippen LogP contribution in [-0.4, -0.2) is 33.8 Å². The fourth-order valence-corrected chi connectivity index (χ4v) is 2.36. The Bertz CT molecular complexity index is 413. The van der Waals surface area contributed by atoms with Crippen molar-refractivity contribution in [2.24, 2.45) is 0 Å². The molecule has 5 heteroatoms. The molecule has 1 N–H and O–H groups in total. The molecular weight excluding hydrogens is 250 g/mol. The maximum absolute atomic E-state index is 9.95. The van der Waals surface area contributed by atoms with E-state index >= 15 is 0 Å². The number of hydrogen-bond donors (Lipinski definition) is 1. The van der Waals surface area contributed by atoms with Gasteiger partial charge in [-0.2, -0.15) is 0 Å². The average molecular weight is 270 g/mol. The molecule has 0 aliphatic carbocycles. The predicted octanol–water partition coefficient (Wildman–Crippen LogP) is 2.43. The molecule has 0 saturated carbocycles. The van der Waals surface area contributed by atoms with Gasteiger partial charge in [0.15, 0.2) is 0 Å². The number of piperidine rings is 1. The molecule has 4 nitrogen and oxygen atoms in total. The lowest BCUT2D eigenvalue weighted by atomic mass is 9.94. The standard InChI is InChI=1S/C13H20ClN3O/c1-3-4-11-15-10(14)9-12(16-11)17-7-5-13(2,18)6-8-17/h9,18H,3-8H2,1-2H3. The van der Waals surface area contributed by atoms with Gasteiger partial charge in [0.1, 0.15) is 16.8 Å². The maximum Gasteiger partial charge on any atom is 0.134 e.